The fourth-order valence-electron chi connectivity index (χ4n) is 2.73. The van der Waals surface area contributed by atoms with Crippen LogP contribution in [0.15, 0.2) is 83.1 Å². The zero-order valence-corrected chi connectivity index (χ0v) is 19.0. The Kier molecular flexibility index (Phi) is 7.06. The minimum atomic E-state index is -3.99. The third kappa shape index (κ3) is 6.02. The van der Waals surface area contributed by atoms with Gasteiger partial charge in [0.25, 0.3) is 20.0 Å². The number of methoxy groups -OCH3 is 2. The summed E-state index contributed by atoms with van der Waals surface area (Å²) < 4.78 is 65.7. The summed E-state index contributed by atoms with van der Waals surface area (Å²) in [7, 11) is -5.06. The molecule has 2 N–H and O–H groups in total. The summed E-state index contributed by atoms with van der Waals surface area (Å²) in [5, 5.41) is 0.999. The highest BCUT2D eigenvalue weighted by Crippen LogP contribution is 2.30. The largest absolute Gasteiger partial charge is 0.497 e. The van der Waals surface area contributed by atoms with Gasteiger partial charge in [0.1, 0.15) is 11.5 Å². The number of anilines is 2. The van der Waals surface area contributed by atoms with Gasteiger partial charge in [-0.25, -0.2) is 16.8 Å². The molecule has 0 aliphatic carbocycles. The van der Waals surface area contributed by atoms with E-state index in [1.54, 1.807) is 48.5 Å². The first-order valence-electron chi connectivity index (χ1n) is 9.33. The van der Waals surface area contributed by atoms with Crippen LogP contribution in [0.25, 0.3) is 6.08 Å². The molecular formula is C22H22N2O6S2. The standard InChI is InChI=1S/C22H22N2O6S2/c1-29-19-10-8-18(9-11-19)23-32(27,28)20-12-13-22(30-2)21(16-20)24-31(25,26)15-14-17-6-4-3-5-7-17/h3-16,23-24H,1-2H3/b15-14+. The SMILES string of the molecule is COc1ccc(NS(=O)(=O)c2ccc(OC)c(NS(=O)(=O)/C=C/c3ccccc3)c2)cc1. The van der Waals surface area contributed by atoms with Crippen molar-refractivity contribution < 1.29 is 26.3 Å². The number of rotatable bonds is 9. The van der Waals surface area contributed by atoms with Crippen molar-refractivity contribution >= 4 is 37.5 Å². The summed E-state index contributed by atoms with van der Waals surface area (Å²) in [6, 6.07) is 19.1. The monoisotopic (exact) mass is 474 g/mol. The second kappa shape index (κ2) is 9.75. The summed E-state index contributed by atoms with van der Waals surface area (Å²) in [5.74, 6) is 0.753. The van der Waals surface area contributed by atoms with Gasteiger partial charge in [0, 0.05) is 5.69 Å². The van der Waals surface area contributed by atoms with Gasteiger partial charge in [-0.2, -0.15) is 0 Å². The molecule has 0 saturated carbocycles. The van der Waals surface area contributed by atoms with Crippen molar-refractivity contribution in [2.75, 3.05) is 23.7 Å². The molecule has 3 aromatic carbocycles. The summed E-state index contributed by atoms with van der Waals surface area (Å²) in [6.07, 6.45) is 1.43. The Morgan fingerprint density at radius 1 is 0.781 bits per heavy atom. The van der Waals surface area contributed by atoms with Gasteiger partial charge < -0.3 is 9.47 Å². The first-order valence-corrected chi connectivity index (χ1v) is 12.4. The minimum absolute atomic E-state index is 0.0113. The lowest BCUT2D eigenvalue weighted by atomic mass is 10.2. The second-order valence-electron chi connectivity index (χ2n) is 6.56. The molecule has 0 unspecified atom stereocenters. The molecule has 0 spiro atoms. The van der Waals surface area contributed by atoms with Crippen molar-refractivity contribution in [3.05, 3.63) is 83.8 Å². The Hall–Kier alpha value is -3.50. The van der Waals surface area contributed by atoms with Crippen LogP contribution < -0.4 is 18.9 Å². The van der Waals surface area contributed by atoms with Gasteiger partial charge in [0.05, 0.1) is 30.2 Å². The van der Waals surface area contributed by atoms with Crippen LogP contribution in [-0.4, -0.2) is 31.1 Å². The Morgan fingerprint density at radius 3 is 2.09 bits per heavy atom. The zero-order chi connectivity index (χ0) is 23.2. The quantitative estimate of drug-likeness (QED) is 0.486. The molecule has 0 heterocycles. The molecule has 10 heteroatoms. The lowest BCUT2D eigenvalue weighted by Crippen LogP contribution is -2.15. The van der Waals surface area contributed by atoms with Crippen molar-refractivity contribution in [1.82, 2.24) is 0 Å². The van der Waals surface area contributed by atoms with E-state index in [9.17, 15) is 16.8 Å². The van der Waals surface area contributed by atoms with Crippen molar-refractivity contribution in [2.24, 2.45) is 0 Å². The highest BCUT2D eigenvalue weighted by molar-refractivity contribution is 7.95. The lowest BCUT2D eigenvalue weighted by molar-refractivity contribution is 0.415. The summed E-state index contributed by atoms with van der Waals surface area (Å²) in [5.41, 5.74) is 1.02. The third-order valence-corrected chi connectivity index (χ3v) is 6.69. The van der Waals surface area contributed by atoms with Gasteiger partial charge in [-0.15, -0.1) is 0 Å². The molecule has 3 rings (SSSR count). The van der Waals surface area contributed by atoms with E-state index < -0.39 is 20.0 Å². The Labute approximate surface area is 187 Å². The van der Waals surface area contributed by atoms with Crippen molar-refractivity contribution in [2.45, 2.75) is 4.90 Å². The number of hydrogen-bond acceptors (Lipinski definition) is 6. The van der Waals surface area contributed by atoms with Gasteiger partial charge in [-0.1, -0.05) is 30.3 Å². The molecule has 32 heavy (non-hydrogen) atoms. The molecule has 168 valence electrons. The summed E-state index contributed by atoms with van der Waals surface area (Å²) in [4.78, 5) is -0.140. The van der Waals surface area contributed by atoms with Gasteiger partial charge >= 0.3 is 0 Å². The Bertz CT molecular complexity index is 1300. The predicted octanol–water partition coefficient (Wildman–Crippen LogP) is 3.92. The molecule has 0 saturated heterocycles. The molecule has 0 aromatic heterocycles. The zero-order valence-electron chi connectivity index (χ0n) is 17.3. The average molecular weight is 475 g/mol. The van der Waals surface area contributed by atoms with E-state index in [4.69, 9.17) is 9.47 Å². The summed E-state index contributed by atoms with van der Waals surface area (Å²) in [6.45, 7) is 0. The molecule has 0 bridgehead atoms. The van der Waals surface area contributed by atoms with E-state index in [2.05, 4.69) is 9.44 Å². The normalized spacial score (nSPS) is 11.8. The number of benzene rings is 3. The van der Waals surface area contributed by atoms with Gasteiger partial charge in [0.2, 0.25) is 0 Å². The van der Waals surface area contributed by atoms with Crippen LogP contribution >= 0.6 is 0 Å². The van der Waals surface area contributed by atoms with Crippen LogP contribution in [0.2, 0.25) is 0 Å². The molecular weight excluding hydrogens is 452 g/mol. The second-order valence-corrected chi connectivity index (χ2v) is 9.81. The lowest BCUT2D eigenvalue weighted by Gasteiger charge is -2.13. The number of hydrogen-bond donors (Lipinski definition) is 2. The van der Waals surface area contributed by atoms with Crippen LogP contribution in [0.1, 0.15) is 5.56 Å². The maximum absolute atomic E-state index is 12.8. The maximum Gasteiger partial charge on any atom is 0.261 e. The summed E-state index contributed by atoms with van der Waals surface area (Å²) >= 11 is 0. The number of ether oxygens (including phenoxy) is 2. The van der Waals surface area contributed by atoms with Gasteiger partial charge in [-0.05, 0) is 54.1 Å². The van der Waals surface area contributed by atoms with E-state index in [0.29, 0.717) is 17.0 Å². The van der Waals surface area contributed by atoms with Crippen LogP contribution in [0.5, 0.6) is 11.5 Å². The van der Waals surface area contributed by atoms with E-state index >= 15 is 0 Å². The first-order chi connectivity index (χ1) is 15.2. The average Bonchev–Trinajstić information content (AvgIpc) is 2.78. The van der Waals surface area contributed by atoms with Crippen LogP contribution in [0.3, 0.4) is 0 Å². The van der Waals surface area contributed by atoms with Crippen LogP contribution in [0.4, 0.5) is 11.4 Å². The highest BCUT2D eigenvalue weighted by atomic mass is 32.2. The molecule has 0 atom stereocenters. The van der Waals surface area contributed by atoms with Gasteiger partial charge in [-0.3, -0.25) is 9.44 Å². The number of nitrogens with one attached hydrogen (secondary N) is 2. The first kappa shape index (κ1) is 23.2. The maximum atomic E-state index is 12.8. The highest BCUT2D eigenvalue weighted by Gasteiger charge is 2.19. The van der Waals surface area contributed by atoms with E-state index in [1.807, 2.05) is 6.07 Å². The molecule has 0 fully saturated rings. The third-order valence-electron chi connectivity index (χ3n) is 4.31. The van der Waals surface area contributed by atoms with E-state index in [0.717, 1.165) is 5.41 Å². The Morgan fingerprint density at radius 2 is 1.47 bits per heavy atom. The van der Waals surface area contributed by atoms with Crippen LogP contribution in [-0.2, 0) is 20.0 Å². The van der Waals surface area contributed by atoms with Crippen molar-refractivity contribution in [3.8, 4) is 11.5 Å². The fraction of sp³-hybridized carbons (Fsp3) is 0.0909. The fourth-order valence-corrected chi connectivity index (χ4v) is 4.68. The van der Waals surface area contributed by atoms with Crippen molar-refractivity contribution in [1.29, 1.82) is 0 Å². The minimum Gasteiger partial charge on any atom is -0.497 e. The van der Waals surface area contributed by atoms with E-state index in [1.165, 1.54) is 38.5 Å². The number of sulfonamides is 2. The smallest absolute Gasteiger partial charge is 0.261 e. The predicted molar refractivity (Wildman–Crippen MR) is 125 cm³/mol. The molecule has 8 nitrogen and oxygen atoms in total. The Balaban J connectivity index is 1.86. The van der Waals surface area contributed by atoms with E-state index in [-0.39, 0.29) is 16.3 Å². The molecule has 0 aliphatic heterocycles. The molecule has 0 aliphatic rings. The topological polar surface area (TPSA) is 111 Å². The molecule has 0 radical (unpaired) electrons. The molecule has 3 aromatic rings. The van der Waals surface area contributed by atoms with Crippen molar-refractivity contribution in [3.63, 3.8) is 0 Å². The van der Waals surface area contributed by atoms with Gasteiger partial charge in [0.15, 0.2) is 0 Å². The van der Waals surface area contributed by atoms with Crippen LogP contribution in [0, 0.1) is 0 Å². The molecule has 0 amide bonds.